The molecule has 0 aliphatic heterocycles. The topological polar surface area (TPSA) is 80.9 Å². The maximum atomic E-state index is 14.1. The molecule has 25 heavy (non-hydrogen) atoms. The standard InChI is InChI=1S/C17H14F2N4O2/c1-9(2)16-20-21-22-23(16)13-6-10(5-11(7-13)17(24)25)14-4-3-12(18)8-15(14)19/h3-9H,1-2H3,(H,24,25). The van der Waals surface area contributed by atoms with E-state index in [1.54, 1.807) is 6.07 Å². The van der Waals surface area contributed by atoms with E-state index < -0.39 is 17.6 Å². The van der Waals surface area contributed by atoms with E-state index >= 15 is 0 Å². The van der Waals surface area contributed by atoms with Gasteiger partial charge >= 0.3 is 5.97 Å². The lowest BCUT2D eigenvalue weighted by atomic mass is 10.0. The summed E-state index contributed by atoms with van der Waals surface area (Å²) in [5, 5.41) is 20.8. The predicted octanol–water partition coefficient (Wildman–Crippen LogP) is 3.43. The first-order valence-electron chi connectivity index (χ1n) is 7.49. The summed E-state index contributed by atoms with van der Waals surface area (Å²) in [6.07, 6.45) is 0. The smallest absolute Gasteiger partial charge is 0.335 e. The Balaban J connectivity index is 2.22. The van der Waals surface area contributed by atoms with Crippen molar-refractivity contribution in [1.82, 2.24) is 20.2 Å². The molecule has 0 atom stereocenters. The van der Waals surface area contributed by atoms with Crippen molar-refractivity contribution >= 4 is 5.97 Å². The highest BCUT2D eigenvalue weighted by Gasteiger charge is 2.17. The second-order valence-electron chi connectivity index (χ2n) is 5.80. The summed E-state index contributed by atoms with van der Waals surface area (Å²) in [7, 11) is 0. The van der Waals surface area contributed by atoms with Crippen molar-refractivity contribution in [1.29, 1.82) is 0 Å². The number of aromatic nitrogens is 4. The van der Waals surface area contributed by atoms with Gasteiger partial charge in [0.25, 0.3) is 0 Å². The molecule has 0 aliphatic carbocycles. The van der Waals surface area contributed by atoms with E-state index in [4.69, 9.17) is 0 Å². The summed E-state index contributed by atoms with van der Waals surface area (Å²) >= 11 is 0. The summed E-state index contributed by atoms with van der Waals surface area (Å²) in [6, 6.07) is 7.40. The number of benzene rings is 2. The molecule has 0 aliphatic rings. The van der Waals surface area contributed by atoms with Crippen molar-refractivity contribution in [3.63, 3.8) is 0 Å². The van der Waals surface area contributed by atoms with E-state index in [0.29, 0.717) is 11.5 Å². The molecule has 6 nitrogen and oxygen atoms in total. The van der Waals surface area contributed by atoms with E-state index in [9.17, 15) is 18.7 Å². The van der Waals surface area contributed by atoms with E-state index in [1.165, 1.54) is 22.9 Å². The van der Waals surface area contributed by atoms with Crippen LogP contribution >= 0.6 is 0 Å². The quantitative estimate of drug-likeness (QED) is 0.784. The van der Waals surface area contributed by atoms with Gasteiger partial charge in [0.1, 0.15) is 11.6 Å². The maximum Gasteiger partial charge on any atom is 0.335 e. The fraction of sp³-hybridized carbons (Fsp3) is 0.176. The van der Waals surface area contributed by atoms with Gasteiger partial charge in [-0.25, -0.2) is 13.6 Å². The number of aromatic carboxylic acids is 1. The molecule has 1 heterocycles. The van der Waals surface area contributed by atoms with Gasteiger partial charge in [-0.05, 0) is 46.3 Å². The Hall–Kier alpha value is -3.16. The molecule has 3 aromatic rings. The van der Waals surface area contributed by atoms with Gasteiger partial charge < -0.3 is 5.11 Å². The van der Waals surface area contributed by atoms with Gasteiger partial charge in [0, 0.05) is 17.5 Å². The Morgan fingerprint density at radius 1 is 1.16 bits per heavy atom. The Morgan fingerprint density at radius 3 is 2.56 bits per heavy atom. The van der Waals surface area contributed by atoms with Crippen LogP contribution in [0.2, 0.25) is 0 Å². The average molecular weight is 344 g/mol. The van der Waals surface area contributed by atoms with Gasteiger partial charge in [-0.15, -0.1) is 5.10 Å². The highest BCUT2D eigenvalue weighted by molar-refractivity contribution is 5.90. The Kier molecular flexibility index (Phi) is 4.26. The fourth-order valence-corrected chi connectivity index (χ4v) is 2.47. The molecule has 8 heteroatoms. The van der Waals surface area contributed by atoms with Gasteiger partial charge in [-0.3, -0.25) is 0 Å². The third kappa shape index (κ3) is 3.23. The molecule has 1 aromatic heterocycles. The molecule has 0 radical (unpaired) electrons. The van der Waals surface area contributed by atoms with Crippen LogP contribution in [0.15, 0.2) is 36.4 Å². The molecule has 0 saturated carbocycles. The van der Waals surface area contributed by atoms with Gasteiger partial charge in [0.05, 0.1) is 11.3 Å². The molecule has 0 bridgehead atoms. The third-order valence-corrected chi connectivity index (χ3v) is 3.66. The molecule has 0 unspecified atom stereocenters. The number of tetrazole rings is 1. The molecule has 2 aromatic carbocycles. The number of hydrogen-bond acceptors (Lipinski definition) is 4. The van der Waals surface area contributed by atoms with Crippen molar-refractivity contribution in [3.8, 4) is 16.8 Å². The van der Waals surface area contributed by atoms with E-state index in [1.807, 2.05) is 13.8 Å². The third-order valence-electron chi connectivity index (χ3n) is 3.66. The van der Waals surface area contributed by atoms with Crippen molar-refractivity contribution in [3.05, 3.63) is 59.4 Å². The second kappa shape index (κ2) is 6.39. The summed E-state index contributed by atoms with van der Waals surface area (Å²) in [5.74, 6) is -2.14. The SMILES string of the molecule is CC(C)c1nnnn1-c1cc(C(=O)O)cc(-c2ccc(F)cc2F)c1. The lowest BCUT2D eigenvalue weighted by Gasteiger charge is -2.11. The Morgan fingerprint density at radius 2 is 1.92 bits per heavy atom. The zero-order valence-electron chi connectivity index (χ0n) is 13.4. The van der Waals surface area contributed by atoms with Crippen molar-refractivity contribution in [2.45, 2.75) is 19.8 Å². The Bertz CT molecular complexity index is 954. The van der Waals surface area contributed by atoms with Crippen LogP contribution in [0.3, 0.4) is 0 Å². The lowest BCUT2D eigenvalue weighted by molar-refractivity contribution is 0.0697. The number of carboxylic acids is 1. The van der Waals surface area contributed by atoms with Crippen LogP contribution < -0.4 is 0 Å². The summed E-state index contributed by atoms with van der Waals surface area (Å²) in [4.78, 5) is 11.4. The largest absolute Gasteiger partial charge is 0.478 e. The Labute approximate surface area is 141 Å². The molecule has 0 saturated heterocycles. The predicted molar refractivity (Wildman–Crippen MR) is 85.6 cm³/mol. The molecule has 1 N–H and O–H groups in total. The maximum absolute atomic E-state index is 14.1. The average Bonchev–Trinajstić information content (AvgIpc) is 3.04. The first kappa shape index (κ1) is 16.7. The highest BCUT2D eigenvalue weighted by Crippen LogP contribution is 2.28. The van der Waals surface area contributed by atoms with E-state index in [2.05, 4.69) is 15.5 Å². The lowest BCUT2D eigenvalue weighted by Crippen LogP contribution is -2.07. The number of carbonyl (C=O) groups is 1. The summed E-state index contributed by atoms with van der Waals surface area (Å²) in [5.41, 5.74) is 0.705. The first-order chi connectivity index (χ1) is 11.9. The summed E-state index contributed by atoms with van der Waals surface area (Å²) < 4.78 is 28.7. The molecule has 128 valence electrons. The monoisotopic (exact) mass is 344 g/mol. The van der Waals surface area contributed by atoms with Crippen LogP contribution in [0.25, 0.3) is 16.8 Å². The normalized spacial score (nSPS) is 11.1. The van der Waals surface area contributed by atoms with Crippen LogP contribution in [0.4, 0.5) is 8.78 Å². The minimum atomic E-state index is -1.18. The van der Waals surface area contributed by atoms with Crippen LogP contribution in [-0.2, 0) is 0 Å². The number of hydrogen-bond donors (Lipinski definition) is 1. The summed E-state index contributed by atoms with van der Waals surface area (Å²) in [6.45, 7) is 3.79. The zero-order valence-corrected chi connectivity index (χ0v) is 13.4. The minimum absolute atomic E-state index is 0.00510. The minimum Gasteiger partial charge on any atom is -0.478 e. The number of carboxylic acid groups (broad SMARTS) is 1. The van der Waals surface area contributed by atoms with Crippen molar-refractivity contribution < 1.29 is 18.7 Å². The van der Waals surface area contributed by atoms with Crippen LogP contribution in [0.1, 0.15) is 35.9 Å². The van der Waals surface area contributed by atoms with Gasteiger partial charge in [-0.2, -0.15) is 4.68 Å². The second-order valence-corrected chi connectivity index (χ2v) is 5.80. The van der Waals surface area contributed by atoms with E-state index in [-0.39, 0.29) is 22.6 Å². The van der Waals surface area contributed by atoms with Crippen LogP contribution in [0.5, 0.6) is 0 Å². The first-order valence-corrected chi connectivity index (χ1v) is 7.49. The number of halogens is 2. The molecular weight excluding hydrogens is 330 g/mol. The van der Waals surface area contributed by atoms with Gasteiger partial charge in [-0.1, -0.05) is 13.8 Å². The van der Waals surface area contributed by atoms with Crippen LogP contribution in [0, 0.1) is 11.6 Å². The van der Waals surface area contributed by atoms with Gasteiger partial charge in [0.15, 0.2) is 5.82 Å². The van der Waals surface area contributed by atoms with Crippen LogP contribution in [-0.4, -0.2) is 31.3 Å². The molecule has 0 fully saturated rings. The van der Waals surface area contributed by atoms with Crippen molar-refractivity contribution in [2.24, 2.45) is 0 Å². The van der Waals surface area contributed by atoms with Gasteiger partial charge in [0.2, 0.25) is 0 Å². The molecule has 0 amide bonds. The molecular formula is C17H14F2N4O2. The van der Waals surface area contributed by atoms with E-state index in [0.717, 1.165) is 12.1 Å². The fourth-order valence-electron chi connectivity index (χ4n) is 2.47. The molecule has 0 spiro atoms. The zero-order chi connectivity index (χ0) is 18.1. The number of rotatable bonds is 4. The number of nitrogens with zero attached hydrogens (tertiary/aromatic N) is 4. The van der Waals surface area contributed by atoms with Crippen molar-refractivity contribution in [2.75, 3.05) is 0 Å². The molecule has 3 rings (SSSR count). The highest BCUT2D eigenvalue weighted by atomic mass is 19.1.